The van der Waals surface area contributed by atoms with Gasteiger partial charge in [-0.2, -0.15) is 0 Å². The van der Waals surface area contributed by atoms with Crippen LogP contribution in [0.2, 0.25) is 10.2 Å². The van der Waals surface area contributed by atoms with Crippen LogP contribution in [0.4, 0.5) is 5.69 Å². The summed E-state index contributed by atoms with van der Waals surface area (Å²) in [6.07, 6.45) is 1.18. The van der Waals surface area contributed by atoms with Crippen molar-refractivity contribution in [2.24, 2.45) is 0 Å². The number of halogens is 2. The quantitative estimate of drug-likeness (QED) is 0.840. The highest BCUT2D eigenvalue weighted by atomic mass is 35.5. The van der Waals surface area contributed by atoms with Gasteiger partial charge in [0.05, 0.1) is 10.7 Å². The molecule has 0 saturated heterocycles. The Balaban J connectivity index is 2.40. The molecule has 0 spiro atoms. The van der Waals surface area contributed by atoms with Crippen LogP contribution in [0.5, 0.6) is 0 Å². The van der Waals surface area contributed by atoms with E-state index < -0.39 is 10.0 Å². The number of benzene rings is 1. The second kappa shape index (κ2) is 6.22. The molecule has 1 N–H and O–H groups in total. The van der Waals surface area contributed by atoms with Gasteiger partial charge in [0.15, 0.2) is 0 Å². The number of nitrogens with zero attached hydrogens (tertiary/aromatic N) is 1. The monoisotopic (exact) mass is 344 g/mol. The summed E-state index contributed by atoms with van der Waals surface area (Å²) >= 11 is 11.5. The molecule has 1 heterocycles. The average Bonchev–Trinajstić information content (AvgIpc) is 2.41. The predicted octanol–water partition coefficient (Wildman–Crippen LogP) is 4.31. The molecule has 1 aromatic heterocycles. The fourth-order valence-corrected chi connectivity index (χ4v) is 3.24. The molecule has 0 aliphatic rings. The van der Waals surface area contributed by atoms with Crippen molar-refractivity contribution in [2.75, 3.05) is 4.72 Å². The second-order valence-electron chi connectivity index (χ2n) is 4.79. The van der Waals surface area contributed by atoms with Crippen LogP contribution in [0.1, 0.15) is 25.3 Å². The van der Waals surface area contributed by atoms with Gasteiger partial charge < -0.3 is 0 Å². The lowest BCUT2D eigenvalue weighted by Crippen LogP contribution is -2.15. The van der Waals surface area contributed by atoms with Crippen LogP contribution in [-0.4, -0.2) is 13.4 Å². The van der Waals surface area contributed by atoms with Crippen LogP contribution < -0.4 is 4.72 Å². The molecular weight excluding hydrogens is 331 g/mol. The third-order valence-electron chi connectivity index (χ3n) is 2.91. The zero-order valence-corrected chi connectivity index (χ0v) is 13.8. The van der Waals surface area contributed by atoms with E-state index in [1.165, 1.54) is 12.3 Å². The molecule has 7 heteroatoms. The van der Waals surface area contributed by atoms with Crippen molar-refractivity contribution >= 4 is 38.9 Å². The summed E-state index contributed by atoms with van der Waals surface area (Å²) in [7, 11) is -3.76. The first-order chi connectivity index (χ1) is 9.81. The first-order valence-electron chi connectivity index (χ1n) is 6.24. The molecule has 0 fully saturated rings. The van der Waals surface area contributed by atoms with Crippen LogP contribution in [0.15, 0.2) is 41.4 Å². The lowest BCUT2D eigenvalue weighted by Gasteiger charge is -2.14. The number of hydrogen-bond donors (Lipinski definition) is 1. The molecule has 2 aromatic rings. The Hall–Kier alpha value is -1.30. The van der Waals surface area contributed by atoms with Gasteiger partial charge in [0.2, 0.25) is 0 Å². The van der Waals surface area contributed by atoms with E-state index in [1.807, 2.05) is 26.0 Å². The third kappa shape index (κ3) is 3.67. The van der Waals surface area contributed by atoms with E-state index >= 15 is 0 Å². The van der Waals surface area contributed by atoms with Crippen molar-refractivity contribution in [1.29, 1.82) is 0 Å². The largest absolute Gasteiger partial charge is 0.279 e. The van der Waals surface area contributed by atoms with Crippen molar-refractivity contribution in [1.82, 2.24) is 4.98 Å². The van der Waals surface area contributed by atoms with Gasteiger partial charge in [-0.3, -0.25) is 4.72 Å². The lowest BCUT2D eigenvalue weighted by atomic mass is 10.0. The molecule has 112 valence electrons. The fourth-order valence-electron chi connectivity index (χ4n) is 1.85. The summed E-state index contributed by atoms with van der Waals surface area (Å²) < 4.78 is 27.3. The van der Waals surface area contributed by atoms with Gasteiger partial charge in [-0.1, -0.05) is 55.2 Å². The Morgan fingerprint density at radius 2 is 1.86 bits per heavy atom. The number of rotatable bonds is 4. The van der Waals surface area contributed by atoms with Crippen LogP contribution in [0.25, 0.3) is 0 Å². The van der Waals surface area contributed by atoms with Gasteiger partial charge in [-0.05, 0) is 23.6 Å². The maximum atomic E-state index is 12.4. The van der Waals surface area contributed by atoms with Crippen molar-refractivity contribution in [2.45, 2.75) is 24.7 Å². The molecule has 0 aliphatic carbocycles. The second-order valence-corrected chi connectivity index (χ2v) is 7.24. The van der Waals surface area contributed by atoms with E-state index in [0.717, 1.165) is 5.56 Å². The minimum Gasteiger partial charge on any atom is -0.279 e. The number of sulfonamides is 1. The van der Waals surface area contributed by atoms with E-state index in [0.29, 0.717) is 5.69 Å². The highest BCUT2D eigenvalue weighted by Gasteiger charge is 2.18. The minimum absolute atomic E-state index is 0.0320. The first kappa shape index (κ1) is 16.1. The normalized spacial score (nSPS) is 11.7. The van der Waals surface area contributed by atoms with Gasteiger partial charge in [-0.25, -0.2) is 13.4 Å². The SMILES string of the molecule is CC(C)c1ccccc1NS(=O)(=O)c1cnc(Cl)c(Cl)c1. The summed E-state index contributed by atoms with van der Waals surface area (Å²) in [6.45, 7) is 3.99. The standard InChI is InChI=1S/C14H14Cl2N2O2S/c1-9(2)11-5-3-4-6-13(11)18-21(19,20)10-7-12(15)14(16)17-8-10/h3-9,18H,1-2H3. The maximum Gasteiger partial charge on any atom is 0.263 e. The van der Waals surface area contributed by atoms with Gasteiger partial charge in [-0.15, -0.1) is 0 Å². The Morgan fingerprint density at radius 1 is 1.19 bits per heavy atom. The number of anilines is 1. The first-order valence-corrected chi connectivity index (χ1v) is 8.48. The van der Waals surface area contributed by atoms with Crippen LogP contribution >= 0.6 is 23.2 Å². The van der Waals surface area contributed by atoms with Crippen LogP contribution in [0, 0.1) is 0 Å². The molecule has 2 rings (SSSR count). The van der Waals surface area contributed by atoms with Crippen LogP contribution in [-0.2, 0) is 10.0 Å². The van der Waals surface area contributed by atoms with Crippen molar-refractivity contribution < 1.29 is 8.42 Å². The lowest BCUT2D eigenvalue weighted by molar-refractivity contribution is 0.600. The highest BCUT2D eigenvalue weighted by molar-refractivity contribution is 7.92. The van der Waals surface area contributed by atoms with Crippen molar-refractivity contribution in [3.05, 3.63) is 52.3 Å². The summed E-state index contributed by atoms with van der Waals surface area (Å²) in [5.41, 5.74) is 1.45. The molecular formula is C14H14Cl2N2O2S. The van der Waals surface area contributed by atoms with E-state index in [-0.39, 0.29) is 21.0 Å². The van der Waals surface area contributed by atoms with Gasteiger partial charge in [0, 0.05) is 6.20 Å². The van der Waals surface area contributed by atoms with Crippen molar-refractivity contribution in [3.63, 3.8) is 0 Å². The predicted molar refractivity (Wildman–Crippen MR) is 85.6 cm³/mol. The minimum atomic E-state index is -3.76. The molecule has 0 aliphatic heterocycles. The van der Waals surface area contributed by atoms with Gasteiger partial charge in [0.25, 0.3) is 10.0 Å². The number of para-hydroxylation sites is 1. The zero-order valence-electron chi connectivity index (χ0n) is 11.5. The third-order valence-corrected chi connectivity index (χ3v) is 4.93. The molecule has 1 aromatic carbocycles. The fraction of sp³-hybridized carbons (Fsp3) is 0.214. The summed E-state index contributed by atoms with van der Waals surface area (Å²) in [5, 5.41) is 0.162. The van der Waals surface area contributed by atoms with Crippen LogP contribution in [0.3, 0.4) is 0 Å². The zero-order chi connectivity index (χ0) is 15.6. The van der Waals surface area contributed by atoms with E-state index in [4.69, 9.17) is 23.2 Å². The topological polar surface area (TPSA) is 59.1 Å². The Morgan fingerprint density at radius 3 is 2.48 bits per heavy atom. The Labute approximate surface area is 134 Å². The van der Waals surface area contributed by atoms with E-state index in [9.17, 15) is 8.42 Å². The van der Waals surface area contributed by atoms with E-state index in [1.54, 1.807) is 12.1 Å². The number of pyridine rings is 1. The highest BCUT2D eigenvalue weighted by Crippen LogP contribution is 2.27. The van der Waals surface area contributed by atoms with Gasteiger partial charge in [0.1, 0.15) is 10.0 Å². The smallest absolute Gasteiger partial charge is 0.263 e. The number of nitrogens with one attached hydrogen (secondary N) is 1. The molecule has 0 atom stereocenters. The number of hydrogen-bond acceptors (Lipinski definition) is 3. The summed E-state index contributed by atoms with van der Waals surface area (Å²) in [4.78, 5) is 3.73. The summed E-state index contributed by atoms with van der Waals surface area (Å²) in [5.74, 6) is 0.191. The maximum absolute atomic E-state index is 12.4. The molecule has 0 saturated carbocycles. The van der Waals surface area contributed by atoms with Gasteiger partial charge >= 0.3 is 0 Å². The average molecular weight is 345 g/mol. The Kier molecular flexibility index (Phi) is 4.76. The van der Waals surface area contributed by atoms with E-state index in [2.05, 4.69) is 9.71 Å². The summed E-state index contributed by atoms with van der Waals surface area (Å²) in [6, 6.07) is 8.52. The molecule has 0 unspecified atom stereocenters. The Bertz CT molecular complexity index is 761. The molecule has 0 amide bonds. The molecule has 0 radical (unpaired) electrons. The molecule has 4 nitrogen and oxygen atoms in total. The van der Waals surface area contributed by atoms with Crippen molar-refractivity contribution in [3.8, 4) is 0 Å². The molecule has 21 heavy (non-hydrogen) atoms. The molecule has 0 bridgehead atoms. The number of aromatic nitrogens is 1.